The van der Waals surface area contributed by atoms with E-state index in [4.69, 9.17) is 17.3 Å². The maximum absolute atomic E-state index is 12.3. The lowest BCUT2D eigenvalue weighted by atomic mass is 10.1. The van der Waals surface area contributed by atoms with Gasteiger partial charge in [-0.1, -0.05) is 11.6 Å². The molecule has 20 heavy (non-hydrogen) atoms. The summed E-state index contributed by atoms with van der Waals surface area (Å²) in [6.07, 6.45) is 2.13. The first kappa shape index (κ1) is 15.0. The summed E-state index contributed by atoms with van der Waals surface area (Å²) in [6, 6.07) is 3.80. The third kappa shape index (κ3) is 4.05. The Kier molecular flexibility index (Phi) is 4.77. The highest BCUT2D eigenvalue weighted by atomic mass is 35.5. The zero-order valence-corrected chi connectivity index (χ0v) is 11.4. The second kappa shape index (κ2) is 6.37. The Labute approximate surface area is 120 Å². The highest BCUT2D eigenvalue weighted by molar-refractivity contribution is 6.31. The number of carbonyl (C=O) groups is 1. The van der Waals surface area contributed by atoms with Crippen LogP contribution in [0.5, 0.6) is 5.75 Å². The molecule has 3 N–H and O–H groups in total. The van der Waals surface area contributed by atoms with E-state index in [1.807, 2.05) is 0 Å². The Hall–Kier alpha value is -1.40. The molecule has 0 aromatic heterocycles. The number of nitrogens with two attached hydrogens (primary N) is 1. The number of benzene rings is 1. The topological polar surface area (TPSA) is 64.3 Å². The Morgan fingerprint density at radius 1 is 1.50 bits per heavy atom. The van der Waals surface area contributed by atoms with Gasteiger partial charge in [0.15, 0.2) is 0 Å². The predicted octanol–water partition coefficient (Wildman–Crippen LogP) is 2.41. The number of alkyl halides is 2. The van der Waals surface area contributed by atoms with E-state index >= 15 is 0 Å². The Morgan fingerprint density at radius 3 is 2.80 bits per heavy atom. The van der Waals surface area contributed by atoms with Crippen LogP contribution in [0.2, 0.25) is 5.02 Å². The molecular weight excluding hydrogens is 290 g/mol. The van der Waals surface area contributed by atoms with Gasteiger partial charge in [-0.15, -0.1) is 0 Å². The van der Waals surface area contributed by atoms with Crippen LogP contribution in [0, 0.1) is 5.92 Å². The van der Waals surface area contributed by atoms with E-state index in [1.54, 1.807) is 0 Å². The third-order valence-corrected chi connectivity index (χ3v) is 3.36. The largest absolute Gasteiger partial charge is 0.434 e. The van der Waals surface area contributed by atoms with Crippen molar-refractivity contribution >= 4 is 17.5 Å². The fraction of sp³-hybridized carbons (Fsp3) is 0.462. The summed E-state index contributed by atoms with van der Waals surface area (Å²) >= 11 is 5.77. The van der Waals surface area contributed by atoms with Gasteiger partial charge in [0.1, 0.15) is 5.75 Å². The first-order chi connectivity index (χ1) is 9.47. The van der Waals surface area contributed by atoms with Gasteiger partial charge in [0.25, 0.3) is 5.91 Å². The Morgan fingerprint density at radius 2 is 2.20 bits per heavy atom. The summed E-state index contributed by atoms with van der Waals surface area (Å²) in [4.78, 5) is 12.0. The van der Waals surface area contributed by atoms with Crippen LogP contribution < -0.4 is 15.8 Å². The molecule has 1 aromatic carbocycles. The second-order valence-electron chi connectivity index (χ2n) is 4.73. The van der Waals surface area contributed by atoms with Gasteiger partial charge < -0.3 is 15.8 Å². The normalized spacial score (nSPS) is 16.1. The molecule has 1 unspecified atom stereocenters. The second-order valence-corrected chi connectivity index (χ2v) is 5.17. The van der Waals surface area contributed by atoms with Gasteiger partial charge in [-0.2, -0.15) is 8.78 Å². The van der Waals surface area contributed by atoms with Gasteiger partial charge in [-0.05, 0) is 37.0 Å². The molecule has 0 bridgehead atoms. The van der Waals surface area contributed by atoms with Crippen molar-refractivity contribution in [3.8, 4) is 5.75 Å². The lowest BCUT2D eigenvalue weighted by Crippen LogP contribution is -2.38. The zero-order valence-electron chi connectivity index (χ0n) is 10.6. The molecule has 1 saturated carbocycles. The molecule has 0 spiro atoms. The van der Waals surface area contributed by atoms with Crippen LogP contribution in [0.3, 0.4) is 0 Å². The van der Waals surface area contributed by atoms with E-state index in [0.717, 1.165) is 12.8 Å². The molecule has 110 valence electrons. The van der Waals surface area contributed by atoms with Crippen molar-refractivity contribution in [2.24, 2.45) is 11.7 Å². The number of hydrogen-bond acceptors (Lipinski definition) is 3. The van der Waals surface area contributed by atoms with Crippen molar-refractivity contribution in [2.45, 2.75) is 25.5 Å². The predicted molar refractivity (Wildman–Crippen MR) is 71.1 cm³/mol. The van der Waals surface area contributed by atoms with Gasteiger partial charge >= 0.3 is 6.61 Å². The Bertz CT molecular complexity index is 495. The minimum absolute atomic E-state index is 0.0270. The SMILES string of the molecule is NC(CNC(=O)c1cc(Cl)ccc1OC(F)F)C1CC1. The quantitative estimate of drug-likeness (QED) is 0.848. The van der Waals surface area contributed by atoms with E-state index < -0.39 is 12.5 Å². The first-order valence-electron chi connectivity index (χ1n) is 6.25. The maximum atomic E-state index is 12.3. The smallest absolute Gasteiger partial charge is 0.387 e. The number of nitrogens with one attached hydrogen (secondary N) is 1. The molecule has 1 atom stereocenters. The van der Waals surface area contributed by atoms with Crippen LogP contribution in [0.25, 0.3) is 0 Å². The minimum atomic E-state index is -3.00. The van der Waals surface area contributed by atoms with E-state index in [9.17, 15) is 13.6 Å². The van der Waals surface area contributed by atoms with E-state index in [0.29, 0.717) is 12.5 Å². The fourth-order valence-electron chi connectivity index (χ4n) is 1.88. The average molecular weight is 305 g/mol. The highest BCUT2D eigenvalue weighted by Gasteiger charge is 2.28. The number of ether oxygens (including phenoxy) is 1. The lowest BCUT2D eigenvalue weighted by Gasteiger charge is -2.14. The molecule has 7 heteroatoms. The van der Waals surface area contributed by atoms with Gasteiger partial charge in [0.2, 0.25) is 0 Å². The summed E-state index contributed by atoms with van der Waals surface area (Å²) in [5, 5.41) is 2.88. The van der Waals surface area contributed by atoms with Gasteiger partial charge in [0, 0.05) is 17.6 Å². The summed E-state index contributed by atoms with van der Waals surface area (Å²) in [7, 11) is 0. The molecule has 1 aliphatic carbocycles. The molecular formula is C13H15ClF2N2O2. The Balaban J connectivity index is 2.04. The summed E-state index contributed by atoms with van der Waals surface area (Å²) < 4.78 is 28.9. The van der Waals surface area contributed by atoms with Crippen LogP contribution in [-0.2, 0) is 0 Å². The van der Waals surface area contributed by atoms with Crippen LogP contribution in [0.15, 0.2) is 18.2 Å². The van der Waals surface area contributed by atoms with Gasteiger partial charge in [-0.3, -0.25) is 4.79 Å². The molecule has 1 fully saturated rings. The summed E-state index contributed by atoms with van der Waals surface area (Å²) in [5.74, 6) is -0.299. The molecule has 4 nitrogen and oxygen atoms in total. The molecule has 0 aliphatic heterocycles. The molecule has 2 rings (SSSR count). The summed E-state index contributed by atoms with van der Waals surface area (Å²) in [5.41, 5.74) is 5.83. The number of hydrogen-bond donors (Lipinski definition) is 2. The minimum Gasteiger partial charge on any atom is -0.434 e. The van der Waals surface area contributed by atoms with Crippen LogP contribution >= 0.6 is 11.6 Å². The van der Waals surface area contributed by atoms with Crippen molar-refractivity contribution in [2.75, 3.05) is 6.54 Å². The van der Waals surface area contributed by atoms with Crippen molar-refractivity contribution in [1.29, 1.82) is 0 Å². The highest BCUT2D eigenvalue weighted by Crippen LogP contribution is 2.31. The molecule has 0 saturated heterocycles. The lowest BCUT2D eigenvalue weighted by molar-refractivity contribution is -0.0501. The molecule has 0 radical (unpaired) electrons. The number of carbonyl (C=O) groups excluding carboxylic acids is 1. The van der Waals surface area contributed by atoms with Crippen molar-refractivity contribution in [1.82, 2.24) is 5.32 Å². The maximum Gasteiger partial charge on any atom is 0.387 e. The van der Waals surface area contributed by atoms with E-state index in [2.05, 4.69) is 10.1 Å². The first-order valence-corrected chi connectivity index (χ1v) is 6.63. The number of amides is 1. The molecule has 1 aliphatic rings. The van der Waals surface area contributed by atoms with Gasteiger partial charge in [-0.25, -0.2) is 0 Å². The van der Waals surface area contributed by atoms with E-state index in [-0.39, 0.29) is 22.4 Å². The molecule has 0 heterocycles. The van der Waals surface area contributed by atoms with Crippen LogP contribution in [0.1, 0.15) is 23.2 Å². The number of rotatable bonds is 6. The molecule has 1 aromatic rings. The van der Waals surface area contributed by atoms with Crippen molar-refractivity contribution in [3.05, 3.63) is 28.8 Å². The molecule has 1 amide bonds. The standard InChI is InChI=1S/C13H15ClF2N2O2/c14-8-3-4-11(20-13(15)16)9(5-8)12(19)18-6-10(17)7-1-2-7/h3-5,7,10,13H,1-2,6,17H2,(H,18,19). The average Bonchev–Trinajstić information content (AvgIpc) is 3.21. The van der Waals surface area contributed by atoms with Gasteiger partial charge in [0.05, 0.1) is 5.56 Å². The summed E-state index contributed by atoms with van der Waals surface area (Å²) in [6.45, 7) is -2.71. The fourth-order valence-corrected chi connectivity index (χ4v) is 2.05. The number of halogens is 3. The van der Waals surface area contributed by atoms with E-state index in [1.165, 1.54) is 18.2 Å². The third-order valence-electron chi connectivity index (χ3n) is 3.13. The van der Waals surface area contributed by atoms with Crippen molar-refractivity contribution < 1.29 is 18.3 Å². The monoisotopic (exact) mass is 304 g/mol. The zero-order chi connectivity index (χ0) is 14.7. The van der Waals surface area contributed by atoms with Crippen LogP contribution in [0.4, 0.5) is 8.78 Å². The van der Waals surface area contributed by atoms with Crippen molar-refractivity contribution in [3.63, 3.8) is 0 Å². The van der Waals surface area contributed by atoms with Crippen LogP contribution in [-0.4, -0.2) is 25.1 Å².